The molecular weight excluding hydrogens is 292 g/mol. The maximum absolute atomic E-state index is 12.6. The van der Waals surface area contributed by atoms with E-state index in [1.807, 2.05) is 0 Å². The van der Waals surface area contributed by atoms with Crippen LogP contribution in [0.25, 0.3) is 0 Å². The van der Waals surface area contributed by atoms with Gasteiger partial charge in [-0.05, 0) is 6.92 Å². The van der Waals surface area contributed by atoms with Crippen molar-refractivity contribution in [2.75, 3.05) is 6.61 Å². The lowest BCUT2D eigenvalue weighted by Gasteiger charge is -2.14. The number of benzene rings is 2. The molecule has 0 bridgehead atoms. The van der Waals surface area contributed by atoms with E-state index in [0.29, 0.717) is 11.1 Å². The number of hydrogen-bond acceptors (Lipinski definition) is 4. The van der Waals surface area contributed by atoms with Crippen LogP contribution in [0.5, 0.6) is 0 Å². The summed E-state index contributed by atoms with van der Waals surface area (Å²) in [6.45, 7) is 1.83. The minimum atomic E-state index is -1.12. The number of carbonyl (C=O) groups excluding carboxylic acids is 3. The quantitative estimate of drug-likeness (QED) is 0.447. The highest BCUT2D eigenvalue weighted by atomic mass is 16.5. The van der Waals surface area contributed by atoms with Gasteiger partial charge in [-0.1, -0.05) is 60.7 Å². The molecule has 118 valence electrons. The molecule has 0 aliphatic heterocycles. The van der Waals surface area contributed by atoms with Gasteiger partial charge in [0.2, 0.25) is 0 Å². The van der Waals surface area contributed by atoms with E-state index < -0.39 is 17.7 Å². The molecule has 0 unspecified atom stereocenters. The highest BCUT2D eigenvalue weighted by Crippen LogP contribution is 2.18. The summed E-state index contributed by atoms with van der Waals surface area (Å²) in [6, 6.07) is 17.1. The van der Waals surface area contributed by atoms with Crippen molar-refractivity contribution in [2.24, 2.45) is 5.92 Å². The summed E-state index contributed by atoms with van der Waals surface area (Å²) in [5, 5.41) is 0. The summed E-state index contributed by atoms with van der Waals surface area (Å²) in [6.07, 6.45) is -0.198. The van der Waals surface area contributed by atoms with Crippen LogP contribution < -0.4 is 0 Å². The first-order valence-corrected chi connectivity index (χ1v) is 7.47. The lowest BCUT2D eigenvalue weighted by atomic mass is 9.91. The Labute approximate surface area is 135 Å². The van der Waals surface area contributed by atoms with E-state index in [9.17, 15) is 14.4 Å². The fraction of sp³-hybridized carbons (Fsp3) is 0.211. The molecule has 0 radical (unpaired) electrons. The van der Waals surface area contributed by atoms with Crippen molar-refractivity contribution >= 4 is 17.5 Å². The largest absolute Gasteiger partial charge is 0.465 e. The Kier molecular flexibility index (Phi) is 5.80. The topological polar surface area (TPSA) is 60.4 Å². The summed E-state index contributed by atoms with van der Waals surface area (Å²) in [7, 11) is 0. The molecule has 0 N–H and O–H groups in total. The molecule has 0 aliphatic rings. The van der Waals surface area contributed by atoms with Gasteiger partial charge in [0.25, 0.3) is 0 Å². The van der Waals surface area contributed by atoms with Gasteiger partial charge in [-0.15, -0.1) is 0 Å². The summed E-state index contributed by atoms with van der Waals surface area (Å²) >= 11 is 0. The molecule has 4 nitrogen and oxygen atoms in total. The molecule has 2 rings (SSSR count). The number of Topliss-reactive ketones (excluding diaryl/α,β-unsaturated/α-hetero) is 2. The van der Waals surface area contributed by atoms with E-state index in [0.717, 1.165) is 0 Å². The van der Waals surface area contributed by atoms with Gasteiger partial charge in [-0.25, -0.2) is 0 Å². The second kappa shape index (κ2) is 8.03. The molecular formula is C19H18O4. The molecule has 0 saturated carbocycles. The van der Waals surface area contributed by atoms with Crippen molar-refractivity contribution in [2.45, 2.75) is 13.3 Å². The summed E-state index contributed by atoms with van der Waals surface area (Å²) < 4.78 is 4.97. The summed E-state index contributed by atoms with van der Waals surface area (Å²) in [4.78, 5) is 37.0. The molecule has 0 aliphatic carbocycles. The Balaban J connectivity index is 2.23. The van der Waals surface area contributed by atoms with E-state index in [-0.39, 0.29) is 18.8 Å². The molecule has 2 aromatic carbocycles. The standard InChI is InChI=1S/C19H18O4/c1-2-23-19(22)16(18(21)15-11-7-4-8-12-15)13-17(20)14-9-5-3-6-10-14/h3-12,16H,2,13H2,1H3/t16-/m1/s1. The number of carbonyl (C=O) groups is 3. The number of ether oxygens (including phenoxy) is 1. The van der Waals surface area contributed by atoms with Crippen molar-refractivity contribution in [3.8, 4) is 0 Å². The molecule has 0 fully saturated rings. The van der Waals surface area contributed by atoms with Crippen LogP contribution in [0.1, 0.15) is 34.1 Å². The van der Waals surface area contributed by atoms with Gasteiger partial charge in [0.15, 0.2) is 11.6 Å². The third-order valence-corrected chi connectivity index (χ3v) is 3.43. The highest BCUT2D eigenvalue weighted by molar-refractivity contribution is 6.12. The lowest BCUT2D eigenvalue weighted by molar-refractivity contribution is -0.146. The van der Waals surface area contributed by atoms with Gasteiger partial charge in [-0.3, -0.25) is 14.4 Å². The van der Waals surface area contributed by atoms with Crippen LogP contribution in [0, 0.1) is 5.92 Å². The van der Waals surface area contributed by atoms with Crippen molar-refractivity contribution < 1.29 is 19.1 Å². The average molecular weight is 310 g/mol. The number of rotatable bonds is 7. The van der Waals surface area contributed by atoms with Crippen LogP contribution in [-0.4, -0.2) is 24.1 Å². The predicted molar refractivity (Wildman–Crippen MR) is 86.3 cm³/mol. The third-order valence-electron chi connectivity index (χ3n) is 3.43. The van der Waals surface area contributed by atoms with E-state index in [1.165, 1.54) is 0 Å². The van der Waals surface area contributed by atoms with E-state index in [4.69, 9.17) is 4.74 Å². The summed E-state index contributed by atoms with van der Waals surface area (Å²) in [5.74, 6) is -2.43. The van der Waals surface area contributed by atoms with Gasteiger partial charge in [-0.2, -0.15) is 0 Å². The monoisotopic (exact) mass is 310 g/mol. The minimum absolute atomic E-state index is 0.164. The first-order valence-electron chi connectivity index (χ1n) is 7.47. The zero-order valence-electron chi connectivity index (χ0n) is 12.9. The van der Waals surface area contributed by atoms with Crippen LogP contribution in [0.3, 0.4) is 0 Å². The maximum Gasteiger partial charge on any atom is 0.317 e. The van der Waals surface area contributed by atoms with E-state index in [2.05, 4.69) is 0 Å². The lowest BCUT2D eigenvalue weighted by Crippen LogP contribution is -2.29. The molecule has 0 saturated heterocycles. The average Bonchev–Trinajstić information content (AvgIpc) is 2.60. The maximum atomic E-state index is 12.6. The van der Waals surface area contributed by atoms with Crippen LogP contribution in [-0.2, 0) is 9.53 Å². The smallest absolute Gasteiger partial charge is 0.317 e. The van der Waals surface area contributed by atoms with Crippen molar-refractivity contribution in [3.05, 3.63) is 71.8 Å². The van der Waals surface area contributed by atoms with Crippen LogP contribution in [0.15, 0.2) is 60.7 Å². The highest BCUT2D eigenvalue weighted by Gasteiger charge is 2.31. The normalized spacial score (nSPS) is 11.5. The first-order chi connectivity index (χ1) is 11.1. The number of esters is 1. The Morgan fingerprint density at radius 2 is 1.39 bits per heavy atom. The van der Waals surface area contributed by atoms with Crippen molar-refractivity contribution in [1.82, 2.24) is 0 Å². The minimum Gasteiger partial charge on any atom is -0.465 e. The Morgan fingerprint density at radius 3 is 1.91 bits per heavy atom. The van der Waals surface area contributed by atoms with Gasteiger partial charge in [0.05, 0.1) is 6.61 Å². The molecule has 2 aromatic rings. The zero-order valence-corrected chi connectivity index (χ0v) is 12.9. The zero-order chi connectivity index (χ0) is 16.7. The third kappa shape index (κ3) is 4.36. The SMILES string of the molecule is CCOC(=O)[C@H](CC(=O)c1ccccc1)C(=O)c1ccccc1. The molecule has 0 spiro atoms. The van der Waals surface area contributed by atoms with Crippen LogP contribution >= 0.6 is 0 Å². The molecule has 23 heavy (non-hydrogen) atoms. The Bertz CT molecular complexity index is 677. The van der Waals surface area contributed by atoms with Gasteiger partial charge < -0.3 is 4.74 Å². The second-order valence-electron chi connectivity index (χ2n) is 5.03. The van der Waals surface area contributed by atoms with Gasteiger partial charge >= 0.3 is 5.97 Å². The molecule has 0 aromatic heterocycles. The molecule has 4 heteroatoms. The first kappa shape index (κ1) is 16.6. The number of hydrogen-bond donors (Lipinski definition) is 0. The molecule has 0 amide bonds. The van der Waals surface area contributed by atoms with Gasteiger partial charge in [0.1, 0.15) is 5.92 Å². The van der Waals surface area contributed by atoms with Crippen molar-refractivity contribution in [1.29, 1.82) is 0 Å². The van der Waals surface area contributed by atoms with E-state index >= 15 is 0 Å². The molecule has 1 atom stereocenters. The summed E-state index contributed by atoms with van der Waals surface area (Å²) in [5.41, 5.74) is 0.870. The number of ketones is 2. The molecule has 0 heterocycles. The fourth-order valence-corrected chi connectivity index (χ4v) is 2.26. The van der Waals surface area contributed by atoms with E-state index in [1.54, 1.807) is 67.6 Å². The predicted octanol–water partition coefficient (Wildman–Crippen LogP) is 3.32. The van der Waals surface area contributed by atoms with Crippen LogP contribution in [0.2, 0.25) is 0 Å². The Hall–Kier alpha value is -2.75. The van der Waals surface area contributed by atoms with Crippen LogP contribution in [0.4, 0.5) is 0 Å². The van der Waals surface area contributed by atoms with Crippen molar-refractivity contribution in [3.63, 3.8) is 0 Å². The Morgan fingerprint density at radius 1 is 0.870 bits per heavy atom. The van der Waals surface area contributed by atoms with Gasteiger partial charge in [0, 0.05) is 17.5 Å². The fourth-order valence-electron chi connectivity index (χ4n) is 2.26. The second-order valence-corrected chi connectivity index (χ2v) is 5.03.